The van der Waals surface area contributed by atoms with E-state index in [2.05, 4.69) is 20.9 Å². The molecule has 0 aliphatic rings. The smallest absolute Gasteiger partial charge is 0.183 e. The van der Waals surface area contributed by atoms with Crippen molar-refractivity contribution in [2.24, 2.45) is 0 Å². The summed E-state index contributed by atoms with van der Waals surface area (Å²) in [6.07, 6.45) is 1.42. The Labute approximate surface area is 110 Å². The maximum Gasteiger partial charge on any atom is 0.183 e. The standard InChI is InChI=1S/C12H5BrF2N2O/c13-7-3-12(10(5-16)17-6-7)18-11-2-1-8(14)4-9(11)15/h1-4,6H. The van der Waals surface area contributed by atoms with Crippen molar-refractivity contribution >= 4 is 15.9 Å². The average molecular weight is 311 g/mol. The molecule has 0 saturated carbocycles. The summed E-state index contributed by atoms with van der Waals surface area (Å²) in [5, 5.41) is 8.84. The molecule has 6 heteroatoms. The summed E-state index contributed by atoms with van der Waals surface area (Å²) in [5.74, 6) is -1.63. The van der Waals surface area contributed by atoms with E-state index in [0.717, 1.165) is 12.1 Å². The van der Waals surface area contributed by atoms with Crippen molar-refractivity contribution < 1.29 is 13.5 Å². The summed E-state index contributed by atoms with van der Waals surface area (Å²) >= 11 is 3.16. The van der Waals surface area contributed by atoms with Crippen LogP contribution in [0.2, 0.25) is 0 Å². The second-order valence-corrected chi connectivity index (χ2v) is 4.20. The number of ether oxygens (including phenoxy) is 1. The van der Waals surface area contributed by atoms with Crippen LogP contribution in [-0.2, 0) is 0 Å². The fraction of sp³-hybridized carbons (Fsp3) is 0. The third-order valence-electron chi connectivity index (χ3n) is 2.04. The average Bonchev–Trinajstić information content (AvgIpc) is 2.33. The second-order valence-electron chi connectivity index (χ2n) is 3.29. The van der Waals surface area contributed by atoms with Crippen LogP contribution >= 0.6 is 15.9 Å². The van der Waals surface area contributed by atoms with Gasteiger partial charge in [-0.05, 0) is 34.1 Å². The summed E-state index contributed by atoms with van der Waals surface area (Å²) < 4.78 is 31.9. The lowest BCUT2D eigenvalue weighted by atomic mass is 10.3. The van der Waals surface area contributed by atoms with E-state index in [1.165, 1.54) is 12.3 Å². The van der Waals surface area contributed by atoms with Crippen LogP contribution in [0.5, 0.6) is 11.5 Å². The highest BCUT2D eigenvalue weighted by Crippen LogP contribution is 2.28. The van der Waals surface area contributed by atoms with Gasteiger partial charge in [0.05, 0.1) is 0 Å². The lowest BCUT2D eigenvalue weighted by Gasteiger charge is -2.07. The summed E-state index contributed by atoms with van der Waals surface area (Å²) in [5.41, 5.74) is 0.0157. The van der Waals surface area contributed by atoms with Crippen LogP contribution < -0.4 is 4.74 Å². The monoisotopic (exact) mass is 310 g/mol. The molecule has 18 heavy (non-hydrogen) atoms. The molecule has 0 bridgehead atoms. The van der Waals surface area contributed by atoms with Gasteiger partial charge >= 0.3 is 0 Å². The fourth-order valence-electron chi connectivity index (χ4n) is 1.26. The van der Waals surface area contributed by atoms with E-state index < -0.39 is 11.6 Å². The Morgan fingerprint density at radius 2 is 2.00 bits per heavy atom. The molecule has 0 amide bonds. The zero-order chi connectivity index (χ0) is 13.1. The third kappa shape index (κ3) is 2.63. The predicted molar refractivity (Wildman–Crippen MR) is 63.1 cm³/mol. The van der Waals surface area contributed by atoms with E-state index >= 15 is 0 Å². The van der Waals surface area contributed by atoms with Crippen molar-refractivity contribution in [3.8, 4) is 17.6 Å². The minimum atomic E-state index is -0.848. The Hall–Kier alpha value is -2.00. The molecular formula is C12H5BrF2N2O. The summed E-state index contributed by atoms with van der Waals surface area (Å²) in [4.78, 5) is 3.81. The van der Waals surface area contributed by atoms with Crippen LogP contribution in [-0.4, -0.2) is 4.98 Å². The SMILES string of the molecule is N#Cc1ncc(Br)cc1Oc1ccc(F)cc1F. The molecule has 90 valence electrons. The summed E-state index contributed by atoms with van der Waals surface area (Å²) in [7, 11) is 0. The van der Waals surface area contributed by atoms with Crippen molar-refractivity contribution in [2.75, 3.05) is 0 Å². The van der Waals surface area contributed by atoms with Crippen LogP contribution in [0.1, 0.15) is 5.69 Å². The van der Waals surface area contributed by atoms with E-state index in [1.54, 1.807) is 0 Å². The molecule has 0 saturated heterocycles. The van der Waals surface area contributed by atoms with Crippen molar-refractivity contribution in [3.63, 3.8) is 0 Å². The number of pyridine rings is 1. The van der Waals surface area contributed by atoms with Gasteiger partial charge in [0.25, 0.3) is 0 Å². The van der Waals surface area contributed by atoms with Gasteiger partial charge in [-0.15, -0.1) is 0 Å². The van der Waals surface area contributed by atoms with Gasteiger partial charge in [-0.25, -0.2) is 13.8 Å². The highest BCUT2D eigenvalue weighted by Gasteiger charge is 2.11. The molecule has 0 spiro atoms. The molecular weight excluding hydrogens is 306 g/mol. The number of nitriles is 1. The number of hydrogen-bond acceptors (Lipinski definition) is 3. The molecule has 0 unspecified atom stereocenters. The minimum absolute atomic E-state index is 0.0157. The zero-order valence-electron chi connectivity index (χ0n) is 8.82. The van der Waals surface area contributed by atoms with E-state index in [4.69, 9.17) is 10.00 Å². The predicted octanol–water partition coefficient (Wildman–Crippen LogP) is 3.79. The molecule has 1 heterocycles. The molecule has 0 N–H and O–H groups in total. The molecule has 3 nitrogen and oxygen atoms in total. The van der Waals surface area contributed by atoms with Gasteiger partial charge < -0.3 is 4.74 Å². The molecule has 1 aromatic carbocycles. The minimum Gasteiger partial charge on any atom is -0.451 e. The molecule has 2 aromatic rings. The van der Waals surface area contributed by atoms with E-state index in [0.29, 0.717) is 10.5 Å². The maximum absolute atomic E-state index is 13.4. The molecule has 0 aliphatic heterocycles. The summed E-state index contributed by atoms with van der Waals surface area (Å²) in [6.45, 7) is 0. The highest BCUT2D eigenvalue weighted by molar-refractivity contribution is 9.10. The van der Waals surface area contributed by atoms with Crippen LogP contribution in [0.3, 0.4) is 0 Å². The third-order valence-corrected chi connectivity index (χ3v) is 2.47. The zero-order valence-corrected chi connectivity index (χ0v) is 10.4. The van der Waals surface area contributed by atoms with Gasteiger partial charge in [-0.1, -0.05) is 0 Å². The fourth-order valence-corrected chi connectivity index (χ4v) is 1.57. The highest BCUT2D eigenvalue weighted by atomic mass is 79.9. The van der Waals surface area contributed by atoms with E-state index in [-0.39, 0.29) is 17.2 Å². The quantitative estimate of drug-likeness (QED) is 0.848. The number of hydrogen-bond donors (Lipinski definition) is 0. The lowest BCUT2D eigenvalue weighted by molar-refractivity contribution is 0.434. The van der Waals surface area contributed by atoms with Gasteiger partial charge in [-0.2, -0.15) is 5.26 Å². The topological polar surface area (TPSA) is 45.9 Å². The van der Waals surface area contributed by atoms with Crippen LogP contribution in [0, 0.1) is 23.0 Å². The molecule has 0 aliphatic carbocycles. The van der Waals surface area contributed by atoms with Crippen LogP contribution in [0.4, 0.5) is 8.78 Å². The van der Waals surface area contributed by atoms with Gasteiger partial charge in [0.1, 0.15) is 11.9 Å². The number of benzene rings is 1. The first-order valence-corrected chi connectivity index (χ1v) is 5.58. The first-order chi connectivity index (χ1) is 8.60. The Bertz CT molecular complexity index is 640. The van der Waals surface area contributed by atoms with Gasteiger partial charge in [0.2, 0.25) is 0 Å². The van der Waals surface area contributed by atoms with Crippen molar-refractivity contribution in [1.29, 1.82) is 5.26 Å². The van der Waals surface area contributed by atoms with Crippen molar-refractivity contribution in [3.05, 3.63) is 52.3 Å². The van der Waals surface area contributed by atoms with Crippen molar-refractivity contribution in [2.45, 2.75) is 0 Å². The normalized spacial score (nSPS) is 9.89. The lowest BCUT2D eigenvalue weighted by Crippen LogP contribution is -1.94. The number of aromatic nitrogens is 1. The van der Waals surface area contributed by atoms with Gasteiger partial charge in [-0.3, -0.25) is 0 Å². The maximum atomic E-state index is 13.4. The van der Waals surface area contributed by atoms with Crippen LogP contribution in [0.15, 0.2) is 34.9 Å². The van der Waals surface area contributed by atoms with Crippen LogP contribution in [0.25, 0.3) is 0 Å². The summed E-state index contributed by atoms with van der Waals surface area (Å²) in [6, 6.07) is 6.21. The number of rotatable bonds is 2. The molecule has 0 atom stereocenters. The largest absolute Gasteiger partial charge is 0.451 e. The van der Waals surface area contributed by atoms with Crippen molar-refractivity contribution in [1.82, 2.24) is 4.98 Å². The molecule has 0 fully saturated rings. The van der Waals surface area contributed by atoms with E-state index in [1.807, 2.05) is 6.07 Å². The van der Waals surface area contributed by atoms with Gasteiger partial charge in [0.15, 0.2) is 23.0 Å². The Kier molecular flexibility index (Phi) is 3.53. The Morgan fingerprint density at radius 3 is 2.67 bits per heavy atom. The Morgan fingerprint density at radius 1 is 1.22 bits per heavy atom. The number of halogens is 3. The molecule has 1 aromatic heterocycles. The number of nitrogens with zero attached hydrogens (tertiary/aromatic N) is 2. The van der Waals surface area contributed by atoms with Gasteiger partial charge in [0, 0.05) is 16.7 Å². The first-order valence-electron chi connectivity index (χ1n) is 4.78. The van der Waals surface area contributed by atoms with E-state index in [9.17, 15) is 8.78 Å². The second kappa shape index (κ2) is 5.10. The first kappa shape index (κ1) is 12.5. The Balaban J connectivity index is 2.40. The molecule has 0 radical (unpaired) electrons. The molecule has 2 rings (SSSR count).